The van der Waals surface area contributed by atoms with Gasteiger partial charge in [0.25, 0.3) is 5.91 Å². The van der Waals surface area contributed by atoms with E-state index in [1.807, 2.05) is 0 Å². The number of likely N-dealkylation sites (tertiary alicyclic amines) is 1. The zero-order chi connectivity index (χ0) is 13.5. The van der Waals surface area contributed by atoms with Gasteiger partial charge in [-0.15, -0.1) is 0 Å². The molecule has 2 saturated heterocycles. The van der Waals surface area contributed by atoms with Crippen LogP contribution in [0.1, 0.15) is 38.5 Å². The van der Waals surface area contributed by atoms with Gasteiger partial charge in [0.15, 0.2) is 5.67 Å². The fourth-order valence-corrected chi connectivity index (χ4v) is 3.52. The van der Waals surface area contributed by atoms with Crippen LogP contribution in [0, 0.1) is 0 Å². The van der Waals surface area contributed by atoms with Crippen LogP contribution in [0.25, 0.3) is 0 Å². The number of hydrogen-bond acceptors (Lipinski definition) is 3. The smallest absolute Gasteiger partial charge is 0.260 e. The Kier molecular flexibility index (Phi) is 3.52. The van der Waals surface area contributed by atoms with Crippen LogP contribution in [-0.2, 0) is 14.3 Å². The van der Waals surface area contributed by atoms with Crippen molar-refractivity contribution in [2.24, 2.45) is 0 Å². The van der Waals surface area contributed by atoms with Crippen LogP contribution in [0.15, 0.2) is 0 Å². The van der Waals surface area contributed by atoms with Gasteiger partial charge >= 0.3 is 0 Å². The normalized spacial score (nSPS) is 36.7. The van der Waals surface area contributed by atoms with Crippen molar-refractivity contribution >= 4 is 5.91 Å². The lowest BCUT2D eigenvalue weighted by Gasteiger charge is -2.40. The molecule has 1 aliphatic carbocycles. The van der Waals surface area contributed by atoms with Crippen molar-refractivity contribution in [3.8, 4) is 0 Å². The summed E-state index contributed by atoms with van der Waals surface area (Å²) in [5.41, 5.74) is -1.57. The number of hydrogen-bond donors (Lipinski definition) is 0. The summed E-state index contributed by atoms with van der Waals surface area (Å²) >= 11 is 0. The second-order valence-corrected chi connectivity index (χ2v) is 6.00. The van der Waals surface area contributed by atoms with Crippen molar-refractivity contribution in [3.63, 3.8) is 0 Å². The maximum absolute atomic E-state index is 14.3. The van der Waals surface area contributed by atoms with E-state index in [9.17, 15) is 9.18 Å². The van der Waals surface area contributed by atoms with Gasteiger partial charge in [0.2, 0.25) is 0 Å². The molecule has 0 radical (unpaired) electrons. The number of halogens is 1. The van der Waals surface area contributed by atoms with Crippen LogP contribution in [-0.4, -0.2) is 55.0 Å². The minimum absolute atomic E-state index is 0.0709. The molecular weight excluding hydrogens is 249 g/mol. The van der Waals surface area contributed by atoms with Crippen LogP contribution >= 0.6 is 0 Å². The summed E-state index contributed by atoms with van der Waals surface area (Å²) < 4.78 is 25.3. The predicted molar refractivity (Wildman–Crippen MR) is 67.6 cm³/mol. The first kappa shape index (κ1) is 13.3. The number of nitrogens with zero attached hydrogens (tertiary/aromatic N) is 1. The number of amides is 1. The number of carbonyl (C=O) groups excluding carboxylic acids is 1. The molecule has 2 aliphatic heterocycles. The summed E-state index contributed by atoms with van der Waals surface area (Å²) in [6, 6.07) is 0.0776. The maximum atomic E-state index is 14.3. The molecule has 0 N–H and O–H groups in total. The van der Waals surface area contributed by atoms with E-state index in [1.54, 1.807) is 12.0 Å². The van der Waals surface area contributed by atoms with Gasteiger partial charge in [-0.3, -0.25) is 4.79 Å². The zero-order valence-corrected chi connectivity index (χ0v) is 11.4. The average Bonchev–Trinajstić information content (AvgIpc) is 2.78. The molecule has 1 saturated carbocycles. The van der Waals surface area contributed by atoms with Gasteiger partial charge in [-0.2, -0.15) is 0 Å². The van der Waals surface area contributed by atoms with E-state index in [-0.39, 0.29) is 24.2 Å². The number of rotatable bonds is 3. The molecule has 3 atom stereocenters. The summed E-state index contributed by atoms with van der Waals surface area (Å²) in [6.45, 7) is 1.24. The standard InChI is InChI=1S/C14H22FNO3/c1-18-9-10-3-4-11-12(19-10)5-8-16(11)13(17)14(15)6-2-7-14/h10-12H,2-9H2,1H3/t10-,11-,12-/m1/s1. The highest BCUT2D eigenvalue weighted by molar-refractivity contribution is 5.86. The molecule has 4 nitrogen and oxygen atoms in total. The highest BCUT2D eigenvalue weighted by Gasteiger charge is 2.51. The minimum atomic E-state index is -1.57. The van der Waals surface area contributed by atoms with E-state index < -0.39 is 5.67 Å². The van der Waals surface area contributed by atoms with Crippen molar-refractivity contribution in [2.45, 2.75) is 62.4 Å². The molecule has 0 unspecified atom stereocenters. The first-order valence-electron chi connectivity index (χ1n) is 7.28. The minimum Gasteiger partial charge on any atom is -0.382 e. The third kappa shape index (κ3) is 2.27. The van der Waals surface area contributed by atoms with Gasteiger partial charge in [-0.1, -0.05) is 0 Å². The molecule has 5 heteroatoms. The van der Waals surface area contributed by atoms with Crippen LogP contribution in [0.4, 0.5) is 4.39 Å². The molecule has 0 aromatic carbocycles. The third-order valence-corrected chi connectivity index (χ3v) is 4.78. The number of alkyl halides is 1. The van der Waals surface area contributed by atoms with Gasteiger partial charge in [0.1, 0.15) is 0 Å². The molecular formula is C14H22FNO3. The molecule has 2 heterocycles. The fraction of sp³-hybridized carbons (Fsp3) is 0.929. The predicted octanol–water partition coefficient (Wildman–Crippen LogP) is 1.67. The molecule has 3 aliphatic rings. The molecule has 108 valence electrons. The molecule has 0 bridgehead atoms. The van der Waals surface area contributed by atoms with Crippen molar-refractivity contribution in [2.75, 3.05) is 20.3 Å². The Morgan fingerprint density at radius 3 is 2.84 bits per heavy atom. The number of fused-ring (bicyclic) bond motifs is 1. The summed E-state index contributed by atoms with van der Waals surface area (Å²) in [5.74, 6) is -0.292. The Bertz CT molecular complexity index is 359. The van der Waals surface area contributed by atoms with Gasteiger partial charge in [-0.25, -0.2) is 4.39 Å². The monoisotopic (exact) mass is 271 g/mol. The lowest BCUT2D eigenvalue weighted by Crippen LogP contribution is -2.54. The van der Waals surface area contributed by atoms with E-state index in [1.165, 1.54) is 0 Å². The van der Waals surface area contributed by atoms with Crippen molar-refractivity contribution in [3.05, 3.63) is 0 Å². The van der Waals surface area contributed by atoms with E-state index in [0.29, 0.717) is 26.0 Å². The summed E-state index contributed by atoms with van der Waals surface area (Å²) in [7, 11) is 1.67. The van der Waals surface area contributed by atoms with Crippen molar-refractivity contribution in [1.29, 1.82) is 0 Å². The third-order valence-electron chi connectivity index (χ3n) is 4.78. The Hall–Kier alpha value is -0.680. The molecule has 0 aromatic rings. The fourth-order valence-electron chi connectivity index (χ4n) is 3.52. The molecule has 1 amide bonds. The molecule has 19 heavy (non-hydrogen) atoms. The topological polar surface area (TPSA) is 38.8 Å². The van der Waals surface area contributed by atoms with E-state index in [4.69, 9.17) is 9.47 Å². The molecule has 0 aromatic heterocycles. The average molecular weight is 271 g/mol. The lowest BCUT2D eigenvalue weighted by atomic mass is 9.80. The highest BCUT2D eigenvalue weighted by atomic mass is 19.1. The summed E-state index contributed by atoms with van der Waals surface area (Å²) in [4.78, 5) is 14.0. The lowest BCUT2D eigenvalue weighted by molar-refractivity contribution is -0.156. The van der Waals surface area contributed by atoms with Crippen LogP contribution in [0.5, 0.6) is 0 Å². The van der Waals surface area contributed by atoms with E-state index >= 15 is 0 Å². The quantitative estimate of drug-likeness (QED) is 0.784. The maximum Gasteiger partial charge on any atom is 0.260 e. The van der Waals surface area contributed by atoms with Crippen molar-refractivity contribution < 1.29 is 18.7 Å². The Morgan fingerprint density at radius 1 is 1.42 bits per heavy atom. The van der Waals surface area contributed by atoms with Crippen LogP contribution in [0.3, 0.4) is 0 Å². The van der Waals surface area contributed by atoms with Crippen LogP contribution < -0.4 is 0 Å². The Balaban J connectivity index is 1.63. The molecule has 3 fully saturated rings. The zero-order valence-electron chi connectivity index (χ0n) is 11.4. The second-order valence-electron chi connectivity index (χ2n) is 6.00. The first-order valence-corrected chi connectivity index (χ1v) is 7.28. The molecule has 3 rings (SSSR count). The SMILES string of the molecule is COC[C@H]1CC[C@@H]2[C@@H](CCN2C(=O)C2(F)CCC2)O1. The van der Waals surface area contributed by atoms with Crippen LogP contribution in [0.2, 0.25) is 0 Å². The summed E-state index contributed by atoms with van der Waals surface area (Å²) in [5, 5.41) is 0. The largest absolute Gasteiger partial charge is 0.382 e. The first-order chi connectivity index (χ1) is 9.14. The van der Waals surface area contributed by atoms with Crippen molar-refractivity contribution in [1.82, 2.24) is 4.90 Å². The van der Waals surface area contributed by atoms with E-state index in [2.05, 4.69) is 0 Å². The highest BCUT2D eigenvalue weighted by Crippen LogP contribution is 2.41. The number of carbonyl (C=O) groups is 1. The van der Waals surface area contributed by atoms with E-state index in [0.717, 1.165) is 25.7 Å². The number of ether oxygens (including phenoxy) is 2. The Morgan fingerprint density at radius 2 is 2.21 bits per heavy atom. The van der Waals surface area contributed by atoms with Gasteiger partial charge in [-0.05, 0) is 38.5 Å². The summed E-state index contributed by atoms with van der Waals surface area (Å²) in [6.07, 6.45) is 4.44. The van der Waals surface area contributed by atoms with Gasteiger partial charge < -0.3 is 14.4 Å². The molecule has 0 spiro atoms. The van der Waals surface area contributed by atoms with Gasteiger partial charge in [0.05, 0.1) is 24.9 Å². The van der Waals surface area contributed by atoms with Gasteiger partial charge in [0, 0.05) is 13.7 Å². The second kappa shape index (κ2) is 5.02. The Labute approximate surface area is 113 Å². The number of methoxy groups -OCH3 is 1.